The number of nitrogens with zero attached hydrogens (tertiary/aromatic N) is 3. The van der Waals surface area contributed by atoms with E-state index >= 15 is 0 Å². The molecule has 44 heavy (non-hydrogen) atoms. The van der Waals surface area contributed by atoms with Crippen molar-refractivity contribution in [2.45, 2.75) is 77.2 Å². The Morgan fingerprint density at radius 3 is 1.98 bits per heavy atom. The second-order valence-electron chi connectivity index (χ2n) is 14.6. The Morgan fingerprint density at radius 1 is 0.750 bits per heavy atom. The lowest BCUT2D eigenvalue weighted by Gasteiger charge is -2.51. The highest BCUT2D eigenvalue weighted by Gasteiger charge is 2.47. The van der Waals surface area contributed by atoms with Crippen LogP contribution in [0.4, 0.5) is 22.7 Å². The van der Waals surface area contributed by atoms with Gasteiger partial charge in [-0.3, -0.25) is 0 Å². The fraction of sp³-hybridized carbons (Fsp3) is 0.293. The van der Waals surface area contributed by atoms with E-state index in [4.69, 9.17) is 0 Å². The Bertz CT molecular complexity index is 1870. The molecule has 0 bridgehead atoms. The first-order chi connectivity index (χ1) is 20.9. The highest BCUT2D eigenvalue weighted by Crippen LogP contribution is 2.59. The highest BCUT2D eigenvalue weighted by atomic mass is 15.2. The predicted octanol–water partition coefficient (Wildman–Crippen LogP) is 10.3. The quantitative estimate of drug-likeness (QED) is 0.243. The van der Waals surface area contributed by atoms with Crippen molar-refractivity contribution in [1.29, 1.82) is 5.26 Å². The first-order valence-corrected chi connectivity index (χ1v) is 15.8. The monoisotopic (exact) mass is 575 g/mol. The van der Waals surface area contributed by atoms with Gasteiger partial charge in [0.1, 0.15) is 0 Å². The van der Waals surface area contributed by atoms with Crippen molar-refractivity contribution in [3.05, 3.63) is 142 Å². The Labute approximate surface area is 262 Å². The van der Waals surface area contributed by atoms with Crippen LogP contribution in [-0.4, -0.2) is 6.04 Å². The molecule has 1 unspecified atom stereocenters. The fourth-order valence-electron chi connectivity index (χ4n) is 7.67. The molecule has 2 heterocycles. The van der Waals surface area contributed by atoms with E-state index in [1.54, 1.807) is 0 Å². The van der Waals surface area contributed by atoms with Crippen molar-refractivity contribution < 1.29 is 0 Å². The number of allylic oxidation sites excluding steroid dienone is 1. The van der Waals surface area contributed by atoms with Gasteiger partial charge in [0.15, 0.2) is 0 Å². The van der Waals surface area contributed by atoms with Gasteiger partial charge in [-0.05, 0) is 88.2 Å². The topological polar surface area (TPSA) is 30.3 Å². The smallest absolute Gasteiger partial charge is 0.0991 e. The molecule has 3 nitrogen and oxygen atoms in total. The van der Waals surface area contributed by atoms with Crippen molar-refractivity contribution in [1.82, 2.24) is 0 Å². The molecule has 0 aromatic heterocycles. The zero-order valence-corrected chi connectivity index (χ0v) is 26.9. The summed E-state index contributed by atoms with van der Waals surface area (Å²) in [5.74, 6) is 0. The molecular formula is C41H41N3. The SMILES string of the molecule is CC(C)(C)c1ccc(N(c2ccc(C#N)cc2)C2C=CC3=C(C2)C(C)(C)c2cccc4c2N3c2ccccc2C4(C)C)cc1. The molecular weight excluding hydrogens is 534 g/mol. The van der Waals surface area contributed by atoms with Gasteiger partial charge in [0.2, 0.25) is 0 Å². The van der Waals surface area contributed by atoms with E-state index in [0.717, 1.165) is 17.8 Å². The molecule has 3 aliphatic rings. The Hall–Kier alpha value is -4.55. The van der Waals surface area contributed by atoms with Crippen molar-refractivity contribution in [2.24, 2.45) is 0 Å². The lowest BCUT2D eigenvalue weighted by molar-refractivity contribution is 0.539. The molecule has 0 spiro atoms. The van der Waals surface area contributed by atoms with Crippen molar-refractivity contribution in [3.8, 4) is 6.07 Å². The molecule has 2 aliphatic heterocycles. The third kappa shape index (κ3) is 4.15. The van der Waals surface area contributed by atoms with Crippen LogP contribution in [0.5, 0.6) is 0 Å². The van der Waals surface area contributed by atoms with Gasteiger partial charge in [-0.1, -0.05) is 103 Å². The van der Waals surface area contributed by atoms with E-state index in [1.165, 1.54) is 44.9 Å². The first kappa shape index (κ1) is 28.2. The van der Waals surface area contributed by atoms with Crippen LogP contribution in [0.1, 0.15) is 82.7 Å². The summed E-state index contributed by atoms with van der Waals surface area (Å²) in [4.78, 5) is 4.99. The number of benzene rings is 4. The summed E-state index contributed by atoms with van der Waals surface area (Å²) in [7, 11) is 0. The third-order valence-corrected chi connectivity index (χ3v) is 10.2. The molecule has 0 radical (unpaired) electrons. The first-order valence-electron chi connectivity index (χ1n) is 15.8. The fourth-order valence-corrected chi connectivity index (χ4v) is 7.67. The van der Waals surface area contributed by atoms with Crippen molar-refractivity contribution in [2.75, 3.05) is 9.80 Å². The standard InChI is InChI=1S/C41H41N3/c1-39(2,3)28-17-21-30(22-18-28)43(29-19-15-27(26-42)16-20-29)31-23-24-37-35(25-31)41(6,7)34-13-10-12-33-38(34)44(37)36-14-9-8-11-32(36)40(33,4)5/h8-24,31H,25H2,1-7H3. The summed E-state index contributed by atoms with van der Waals surface area (Å²) < 4.78 is 0. The van der Waals surface area contributed by atoms with Crippen LogP contribution in [-0.2, 0) is 16.2 Å². The van der Waals surface area contributed by atoms with Crippen LogP contribution in [0.2, 0.25) is 0 Å². The van der Waals surface area contributed by atoms with Gasteiger partial charge in [-0.2, -0.15) is 5.26 Å². The second-order valence-corrected chi connectivity index (χ2v) is 14.6. The van der Waals surface area contributed by atoms with E-state index in [9.17, 15) is 5.26 Å². The number of fused-ring (bicyclic) bond motifs is 3. The molecule has 4 aromatic rings. The molecule has 1 atom stereocenters. The molecule has 7 rings (SSSR count). The minimum atomic E-state index is -0.144. The number of anilines is 4. The second kappa shape index (κ2) is 9.73. The maximum Gasteiger partial charge on any atom is 0.0991 e. The van der Waals surface area contributed by atoms with Gasteiger partial charge in [0.25, 0.3) is 0 Å². The zero-order chi connectivity index (χ0) is 31.0. The molecule has 0 saturated heterocycles. The highest BCUT2D eigenvalue weighted by molar-refractivity contribution is 5.87. The van der Waals surface area contributed by atoms with Crippen LogP contribution < -0.4 is 9.80 Å². The summed E-state index contributed by atoms with van der Waals surface area (Å²) in [5.41, 5.74) is 13.6. The number of hydrogen-bond acceptors (Lipinski definition) is 3. The lowest BCUT2D eigenvalue weighted by Crippen LogP contribution is -2.43. The van der Waals surface area contributed by atoms with Crippen LogP contribution >= 0.6 is 0 Å². The van der Waals surface area contributed by atoms with E-state index in [0.29, 0.717) is 5.56 Å². The molecule has 3 heteroatoms. The zero-order valence-electron chi connectivity index (χ0n) is 26.9. The number of rotatable bonds is 3. The van der Waals surface area contributed by atoms with E-state index in [2.05, 4.69) is 155 Å². The Balaban J connectivity index is 1.37. The number of hydrogen-bond donors (Lipinski definition) is 0. The van der Waals surface area contributed by atoms with E-state index in [1.807, 2.05) is 12.1 Å². The van der Waals surface area contributed by atoms with Gasteiger partial charge in [0.05, 0.1) is 29.0 Å². The minimum Gasteiger partial charge on any atom is -0.334 e. The van der Waals surface area contributed by atoms with Crippen LogP contribution in [0.25, 0.3) is 0 Å². The summed E-state index contributed by atoms with van der Waals surface area (Å²) in [6.45, 7) is 16.3. The average molecular weight is 576 g/mol. The number of para-hydroxylation sites is 2. The number of nitriles is 1. The average Bonchev–Trinajstić information content (AvgIpc) is 3.01. The summed E-state index contributed by atoms with van der Waals surface area (Å²) in [6, 6.07) is 35.3. The third-order valence-electron chi connectivity index (χ3n) is 10.2. The molecule has 0 N–H and O–H groups in total. The maximum absolute atomic E-state index is 9.50. The lowest BCUT2D eigenvalue weighted by atomic mass is 9.64. The van der Waals surface area contributed by atoms with Gasteiger partial charge >= 0.3 is 0 Å². The van der Waals surface area contributed by atoms with Gasteiger partial charge in [-0.25, -0.2) is 0 Å². The van der Waals surface area contributed by atoms with Crippen molar-refractivity contribution >= 4 is 22.7 Å². The van der Waals surface area contributed by atoms with E-state index in [-0.39, 0.29) is 22.3 Å². The largest absolute Gasteiger partial charge is 0.334 e. The van der Waals surface area contributed by atoms with Gasteiger partial charge in [0, 0.05) is 27.9 Å². The summed E-state index contributed by atoms with van der Waals surface area (Å²) in [6.07, 6.45) is 5.66. The Morgan fingerprint density at radius 2 is 1.34 bits per heavy atom. The normalized spacial score (nSPS) is 19.0. The molecule has 0 fully saturated rings. The summed E-state index contributed by atoms with van der Waals surface area (Å²) >= 11 is 0. The maximum atomic E-state index is 9.50. The van der Waals surface area contributed by atoms with Crippen molar-refractivity contribution in [3.63, 3.8) is 0 Å². The van der Waals surface area contributed by atoms with Crippen LogP contribution in [0, 0.1) is 11.3 Å². The predicted molar refractivity (Wildman–Crippen MR) is 183 cm³/mol. The van der Waals surface area contributed by atoms with Gasteiger partial charge in [-0.15, -0.1) is 0 Å². The summed E-state index contributed by atoms with van der Waals surface area (Å²) in [5, 5.41) is 9.50. The van der Waals surface area contributed by atoms with Crippen LogP contribution in [0.3, 0.4) is 0 Å². The van der Waals surface area contributed by atoms with E-state index < -0.39 is 0 Å². The molecule has 1 aliphatic carbocycles. The molecule has 0 amide bonds. The molecule has 4 aromatic carbocycles. The van der Waals surface area contributed by atoms with Crippen LogP contribution in [0.15, 0.2) is 114 Å². The van der Waals surface area contributed by atoms with Gasteiger partial charge < -0.3 is 9.80 Å². The molecule has 0 saturated carbocycles. The Kier molecular flexibility index (Phi) is 6.24. The molecule has 220 valence electrons. The minimum absolute atomic E-state index is 0.0833.